The highest BCUT2D eigenvalue weighted by Crippen LogP contribution is 2.06. The third-order valence-electron chi connectivity index (χ3n) is 2.31. The first-order valence-electron chi connectivity index (χ1n) is 4.41. The molecule has 0 aromatic carbocycles. The Morgan fingerprint density at radius 1 is 1.46 bits per heavy atom. The molecule has 0 aromatic heterocycles. The third-order valence-corrected chi connectivity index (χ3v) is 2.31. The smallest absolute Gasteiger partial charge is 0.249 e. The van der Waals surface area contributed by atoms with Crippen molar-refractivity contribution in [2.45, 2.75) is 45.4 Å². The molecule has 0 aromatic rings. The Balaban J connectivity index is 4.19. The van der Waals surface area contributed by atoms with E-state index in [0.717, 1.165) is 0 Å². The van der Waals surface area contributed by atoms with Crippen molar-refractivity contribution in [3.63, 3.8) is 0 Å². The molecule has 13 heavy (non-hydrogen) atoms. The predicted molar refractivity (Wildman–Crippen MR) is 52.3 cm³/mol. The molecule has 0 rings (SSSR count). The number of nitrogens with one attached hydrogen (secondary N) is 1. The summed E-state index contributed by atoms with van der Waals surface area (Å²) in [5, 5.41) is 2.82. The average Bonchev–Trinajstić information content (AvgIpc) is 2.01. The van der Waals surface area contributed by atoms with Crippen LogP contribution in [0, 0.1) is 0 Å². The van der Waals surface area contributed by atoms with Crippen LogP contribution in [-0.2, 0) is 9.53 Å². The number of carbonyl (C=O) groups excluding carboxylic acids is 1. The minimum Gasteiger partial charge on any atom is -0.372 e. The van der Waals surface area contributed by atoms with Gasteiger partial charge in [-0.3, -0.25) is 4.79 Å². The van der Waals surface area contributed by atoms with E-state index in [4.69, 9.17) is 10.5 Å². The Morgan fingerprint density at radius 3 is 2.23 bits per heavy atom. The summed E-state index contributed by atoms with van der Waals surface area (Å²) in [6.07, 6.45) is -0.432. The number of amides is 1. The summed E-state index contributed by atoms with van der Waals surface area (Å²) in [7, 11) is 1.50. The van der Waals surface area contributed by atoms with Crippen molar-refractivity contribution in [2.24, 2.45) is 5.73 Å². The van der Waals surface area contributed by atoms with Crippen molar-refractivity contribution < 1.29 is 9.53 Å². The zero-order valence-electron chi connectivity index (χ0n) is 9.05. The van der Waals surface area contributed by atoms with E-state index in [0.29, 0.717) is 0 Å². The molecule has 0 radical (unpaired) electrons. The Kier molecular flexibility index (Phi) is 4.36. The number of carbonyl (C=O) groups is 1. The molecule has 4 nitrogen and oxygen atoms in total. The van der Waals surface area contributed by atoms with E-state index >= 15 is 0 Å². The lowest BCUT2D eigenvalue weighted by Gasteiger charge is -2.31. The minimum absolute atomic E-state index is 0.0968. The fourth-order valence-electron chi connectivity index (χ4n) is 0.640. The van der Waals surface area contributed by atoms with Crippen molar-refractivity contribution in [3.8, 4) is 0 Å². The number of hydrogen-bond donors (Lipinski definition) is 2. The highest BCUT2D eigenvalue weighted by atomic mass is 16.5. The molecule has 1 amide bonds. The first-order chi connectivity index (χ1) is 5.81. The lowest BCUT2D eigenvalue weighted by Crippen LogP contribution is -2.56. The van der Waals surface area contributed by atoms with Gasteiger partial charge in [0.2, 0.25) is 5.91 Å². The van der Waals surface area contributed by atoms with Crippen LogP contribution in [0.4, 0.5) is 0 Å². The highest BCUT2D eigenvalue weighted by molar-refractivity contribution is 5.81. The maximum Gasteiger partial charge on any atom is 0.249 e. The van der Waals surface area contributed by atoms with Gasteiger partial charge in [-0.15, -0.1) is 0 Å². The van der Waals surface area contributed by atoms with Gasteiger partial charge < -0.3 is 15.8 Å². The van der Waals surface area contributed by atoms with Crippen LogP contribution in [0.3, 0.4) is 0 Å². The van der Waals surface area contributed by atoms with E-state index in [1.54, 1.807) is 6.92 Å². The maximum absolute atomic E-state index is 11.4. The van der Waals surface area contributed by atoms with Crippen LogP contribution in [0.2, 0.25) is 0 Å². The van der Waals surface area contributed by atoms with Gasteiger partial charge in [0.05, 0.1) is 0 Å². The summed E-state index contributed by atoms with van der Waals surface area (Å²) >= 11 is 0. The maximum atomic E-state index is 11.4. The highest BCUT2D eigenvalue weighted by Gasteiger charge is 2.26. The number of ether oxygens (including phenoxy) is 1. The zero-order valence-corrected chi connectivity index (χ0v) is 9.05. The first kappa shape index (κ1) is 12.4. The van der Waals surface area contributed by atoms with Gasteiger partial charge >= 0.3 is 0 Å². The molecule has 0 saturated carbocycles. The zero-order chi connectivity index (χ0) is 10.6. The lowest BCUT2D eigenvalue weighted by atomic mass is 9.96. The number of methoxy groups -OCH3 is 1. The summed E-state index contributed by atoms with van der Waals surface area (Å²) in [5.74, 6) is -0.134. The number of nitrogens with two attached hydrogens (primary N) is 1. The molecular weight excluding hydrogens is 168 g/mol. The molecule has 0 heterocycles. The van der Waals surface area contributed by atoms with Gasteiger partial charge in [-0.2, -0.15) is 0 Å². The van der Waals surface area contributed by atoms with Crippen molar-refractivity contribution in [1.29, 1.82) is 0 Å². The topological polar surface area (TPSA) is 64.3 Å². The Morgan fingerprint density at radius 2 is 1.92 bits per heavy atom. The van der Waals surface area contributed by atoms with Crippen molar-refractivity contribution >= 4 is 5.91 Å². The Bertz CT molecular complexity index is 178. The summed E-state index contributed by atoms with van der Waals surface area (Å²) in [5.41, 5.74) is 5.31. The fraction of sp³-hybridized carbons (Fsp3) is 0.889. The van der Waals surface area contributed by atoms with Gasteiger partial charge in [0.25, 0.3) is 0 Å². The monoisotopic (exact) mass is 188 g/mol. The van der Waals surface area contributed by atoms with E-state index < -0.39 is 11.6 Å². The quantitative estimate of drug-likeness (QED) is 0.665. The Labute approximate surface area is 79.8 Å². The molecule has 0 bridgehead atoms. The molecule has 2 atom stereocenters. The SMILES string of the molecule is COC(C)C(=O)NC(C)(C)C(C)N. The van der Waals surface area contributed by atoms with Gasteiger partial charge in [0, 0.05) is 18.7 Å². The van der Waals surface area contributed by atoms with Crippen LogP contribution in [0.5, 0.6) is 0 Å². The van der Waals surface area contributed by atoms with E-state index in [1.165, 1.54) is 7.11 Å². The van der Waals surface area contributed by atoms with Gasteiger partial charge in [0.15, 0.2) is 0 Å². The summed E-state index contributed by atoms with van der Waals surface area (Å²) in [4.78, 5) is 11.4. The molecule has 78 valence electrons. The Hall–Kier alpha value is -0.610. The van der Waals surface area contributed by atoms with Crippen molar-refractivity contribution in [2.75, 3.05) is 7.11 Å². The van der Waals surface area contributed by atoms with Crippen LogP contribution in [0.1, 0.15) is 27.7 Å². The van der Waals surface area contributed by atoms with E-state index in [2.05, 4.69) is 5.32 Å². The second-order valence-corrected chi connectivity index (χ2v) is 3.88. The third kappa shape index (κ3) is 3.74. The molecule has 4 heteroatoms. The summed E-state index contributed by atoms with van der Waals surface area (Å²) < 4.78 is 4.88. The van der Waals surface area contributed by atoms with Crippen molar-refractivity contribution in [1.82, 2.24) is 5.32 Å². The first-order valence-corrected chi connectivity index (χ1v) is 4.41. The minimum atomic E-state index is -0.432. The summed E-state index contributed by atoms with van der Waals surface area (Å²) in [6.45, 7) is 7.33. The van der Waals surface area contributed by atoms with Crippen LogP contribution in [-0.4, -0.2) is 30.7 Å². The van der Waals surface area contributed by atoms with Crippen LogP contribution in [0.25, 0.3) is 0 Å². The molecular formula is C9H20N2O2. The van der Waals surface area contributed by atoms with Crippen LogP contribution in [0.15, 0.2) is 0 Å². The standard InChI is InChI=1S/C9H20N2O2/c1-6(13-5)8(12)11-9(3,4)7(2)10/h6-7H,10H2,1-5H3,(H,11,12). The van der Waals surface area contributed by atoms with Crippen molar-refractivity contribution in [3.05, 3.63) is 0 Å². The van der Waals surface area contributed by atoms with Crippen LogP contribution >= 0.6 is 0 Å². The molecule has 0 aliphatic heterocycles. The van der Waals surface area contributed by atoms with E-state index in [-0.39, 0.29) is 11.9 Å². The molecule has 3 N–H and O–H groups in total. The van der Waals surface area contributed by atoms with Gasteiger partial charge in [-0.1, -0.05) is 0 Å². The second kappa shape index (κ2) is 4.58. The van der Waals surface area contributed by atoms with E-state index in [9.17, 15) is 4.79 Å². The summed E-state index contributed by atoms with van der Waals surface area (Å²) in [6, 6.07) is -0.0968. The van der Waals surface area contributed by atoms with Gasteiger partial charge in [-0.05, 0) is 27.7 Å². The molecule has 0 aliphatic carbocycles. The van der Waals surface area contributed by atoms with Gasteiger partial charge in [-0.25, -0.2) is 0 Å². The largest absolute Gasteiger partial charge is 0.372 e. The molecule has 0 aliphatic rings. The number of hydrogen-bond acceptors (Lipinski definition) is 3. The second-order valence-electron chi connectivity index (χ2n) is 3.88. The van der Waals surface area contributed by atoms with Crippen LogP contribution < -0.4 is 11.1 Å². The predicted octanol–water partition coefficient (Wildman–Crippen LogP) is 0.263. The van der Waals surface area contributed by atoms with E-state index in [1.807, 2.05) is 20.8 Å². The normalized spacial score (nSPS) is 16.5. The molecule has 0 fully saturated rings. The molecule has 0 saturated heterocycles. The lowest BCUT2D eigenvalue weighted by molar-refractivity contribution is -0.131. The molecule has 0 spiro atoms. The average molecular weight is 188 g/mol. The number of rotatable bonds is 4. The fourth-order valence-corrected chi connectivity index (χ4v) is 0.640. The molecule has 2 unspecified atom stereocenters. The van der Waals surface area contributed by atoms with Gasteiger partial charge in [0.1, 0.15) is 6.10 Å².